The van der Waals surface area contributed by atoms with Crippen molar-refractivity contribution in [1.82, 2.24) is 4.90 Å². The van der Waals surface area contributed by atoms with E-state index in [-0.39, 0.29) is 5.75 Å². The molecule has 0 aliphatic carbocycles. The Kier molecular flexibility index (Phi) is 3.85. The van der Waals surface area contributed by atoms with Crippen molar-refractivity contribution in [1.29, 1.82) is 0 Å². The normalized spacial score (nSPS) is 32.2. The number of fused-ring (bicyclic) bond motifs is 2. The van der Waals surface area contributed by atoms with Crippen LogP contribution in [-0.2, 0) is 6.42 Å². The van der Waals surface area contributed by atoms with Crippen molar-refractivity contribution in [3.8, 4) is 5.75 Å². The SMILES string of the molecule is CN1C2CCC1CC(O)(Cc1cccc(OC(F)(F)F)c1)C2. The molecule has 3 rings (SSSR count). The molecule has 2 fully saturated rings. The summed E-state index contributed by atoms with van der Waals surface area (Å²) in [7, 11) is 2.08. The van der Waals surface area contributed by atoms with E-state index in [1.54, 1.807) is 6.07 Å². The Labute approximate surface area is 127 Å². The van der Waals surface area contributed by atoms with Gasteiger partial charge in [-0.3, -0.25) is 0 Å². The van der Waals surface area contributed by atoms with Crippen LogP contribution in [0.5, 0.6) is 5.75 Å². The number of benzene rings is 1. The predicted octanol–water partition coefficient (Wildman–Crippen LogP) is 3.12. The van der Waals surface area contributed by atoms with Crippen LogP contribution in [0.1, 0.15) is 31.2 Å². The molecule has 6 heteroatoms. The van der Waals surface area contributed by atoms with E-state index in [9.17, 15) is 18.3 Å². The van der Waals surface area contributed by atoms with Gasteiger partial charge < -0.3 is 14.7 Å². The number of ether oxygens (including phenoxy) is 1. The molecule has 3 nitrogen and oxygen atoms in total. The lowest BCUT2D eigenvalue weighted by Crippen LogP contribution is -2.50. The quantitative estimate of drug-likeness (QED) is 0.930. The molecule has 1 aromatic carbocycles. The van der Waals surface area contributed by atoms with Crippen LogP contribution >= 0.6 is 0 Å². The molecule has 1 N–H and O–H groups in total. The molecular weight excluding hydrogens is 295 g/mol. The van der Waals surface area contributed by atoms with E-state index in [0.29, 0.717) is 36.9 Å². The Hall–Kier alpha value is -1.27. The third-order valence-electron chi connectivity index (χ3n) is 4.88. The fourth-order valence-corrected chi connectivity index (χ4v) is 3.92. The number of rotatable bonds is 3. The molecular formula is C16H20F3NO2. The number of piperidine rings is 1. The van der Waals surface area contributed by atoms with E-state index >= 15 is 0 Å². The highest BCUT2D eigenvalue weighted by Crippen LogP contribution is 2.41. The summed E-state index contributed by atoms with van der Waals surface area (Å²) >= 11 is 0. The molecule has 2 bridgehead atoms. The van der Waals surface area contributed by atoms with Gasteiger partial charge in [-0.1, -0.05) is 12.1 Å². The zero-order valence-electron chi connectivity index (χ0n) is 12.4. The zero-order chi connectivity index (χ0) is 16.0. The van der Waals surface area contributed by atoms with Crippen LogP contribution in [0.2, 0.25) is 0 Å². The van der Waals surface area contributed by atoms with E-state index in [0.717, 1.165) is 12.8 Å². The van der Waals surface area contributed by atoms with E-state index in [1.807, 2.05) is 0 Å². The van der Waals surface area contributed by atoms with E-state index in [1.165, 1.54) is 18.2 Å². The number of hydrogen-bond acceptors (Lipinski definition) is 3. The Morgan fingerprint density at radius 1 is 1.27 bits per heavy atom. The third kappa shape index (κ3) is 3.38. The lowest BCUT2D eigenvalue weighted by atomic mass is 9.81. The standard InChI is InChI=1S/C16H20F3NO2/c1-20-12-5-6-13(20)10-15(21,9-12)8-11-3-2-4-14(7-11)22-16(17,18)19/h2-4,7,12-13,21H,5-6,8-10H2,1H3. The number of alkyl halides is 3. The minimum Gasteiger partial charge on any atom is -0.406 e. The number of nitrogens with zero attached hydrogens (tertiary/aromatic N) is 1. The maximum atomic E-state index is 12.3. The topological polar surface area (TPSA) is 32.7 Å². The van der Waals surface area contributed by atoms with Crippen molar-refractivity contribution in [2.45, 2.75) is 56.2 Å². The van der Waals surface area contributed by atoms with Gasteiger partial charge in [0.25, 0.3) is 0 Å². The summed E-state index contributed by atoms with van der Waals surface area (Å²) < 4.78 is 40.8. The highest BCUT2D eigenvalue weighted by molar-refractivity contribution is 5.30. The second-order valence-electron chi connectivity index (χ2n) is 6.56. The smallest absolute Gasteiger partial charge is 0.406 e. The molecule has 0 radical (unpaired) electrons. The second-order valence-corrected chi connectivity index (χ2v) is 6.56. The summed E-state index contributed by atoms with van der Waals surface area (Å²) in [5, 5.41) is 10.9. The maximum absolute atomic E-state index is 12.3. The Morgan fingerprint density at radius 3 is 2.50 bits per heavy atom. The van der Waals surface area contributed by atoms with Crippen molar-refractivity contribution < 1.29 is 23.0 Å². The molecule has 122 valence electrons. The zero-order valence-corrected chi connectivity index (χ0v) is 12.4. The maximum Gasteiger partial charge on any atom is 0.573 e. The van der Waals surface area contributed by atoms with E-state index < -0.39 is 12.0 Å². The highest BCUT2D eigenvalue weighted by atomic mass is 19.4. The van der Waals surface area contributed by atoms with Gasteiger partial charge in [0.15, 0.2) is 0 Å². The molecule has 0 spiro atoms. The van der Waals surface area contributed by atoms with Crippen LogP contribution in [0.15, 0.2) is 24.3 Å². The molecule has 2 aliphatic heterocycles. The Morgan fingerprint density at radius 2 is 1.91 bits per heavy atom. The summed E-state index contributed by atoms with van der Waals surface area (Å²) in [5.74, 6) is -0.232. The van der Waals surface area contributed by atoms with Gasteiger partial charge in [0.05, 0.1) is 5.60 Å². The first kappa shape index (κ1) is 15.6. The summed E-state index contributed by atoms with van der Waals surface area (Å²) in [6.07, 6.45) is -0.818. The molecule has 2 heterocycles. The Balaban J connectivity index is 1.72. The van der Waals surface area contributed by atoms with Gasteiger partial charge in [0.2, 0.25) is 0 Å². The first-order valence-corrected chi connectivity index (χ1v) is 7.53. The lowest BCUT2D eigenvalue weighted by molar-refractivity contribution is -0.274. The van der Waals surface area contributed by atoms with Gasteiger partial charge in [-0.15, -0.1) is 13.2 Å². The largest absolute Gasteiger partial charge is 0.573 e. The first-order chi connectivity index (χ1) is 10.2. The highest BCUT2D eigenvalue weighted by Gasteiger charge is 2.45. The lowest BCUT2D eigenvalue weighted by Gasteiger charge is -2.42. The van der Waals surface area contributed by atoms with Gasteiger partial charge in [0, 0.05) is 18.5 Å². The molecule has 1 aromatic rings. The minimum absolute atomic E-state index is 0.232. The molecule has 0 amide bonds. The summed E-state index contributed by atoms with van der Waals surface area (Å²) in [6.45, 7) is 0. The summed E-state index contributed by atoms with van der Waals surface area (Å²) in [6, 6.07) is 6.66. The number of halogens is 3. The molecule has 22 heavy (non-hydrogen) atoms. The molecule has 2 aliphatic rings. The fraction of sp³-hybridized carbons (Fsp3) is 0.625. The molecule has 2 atom stereocenters. The monoisotopic (exact) mass is 315 g/mol. The third-order valence-corrected chi connectivity index (χ3v) is 4.88. The van der Waals surface area contributed by atoms with Gasteiger partial charge in [-0.25, -0.2) is 0 Å². The van der Waals surface area contributed by atoms with Gasteiger partial charge in [0.1, 0.15) is 5.75 Å². The van der Waals surface area contributed by atoms with Crippen LogP contribution < -0.4 is 4.74 Å². The first-order valence-electron chi connectivity index (χ1n) is 7.53. The van der Waals surface area contributed by atoms with Crippen molar-refractivity contribution in [3.05, 3.63) is 29.8 Å². The molecule has 0 saturated carbocycles. The van der Waals surface area contributed by atoms with Gasteiger partial charge in [-0.05, 0) is 50.4 Å². The molecule has 2 unspecified atom stereocenters. The van der Waals surface area contributed by atoms with Gasteiger partial charge in [-0.2, -0.15) is 0 Å². The van der Waals surface area contributed by atoms with Crippen LogP contribution in [0.3, 0.4) is 0 Å². The molecule has 0 aromatic heterocycles. The number of aliphatic hydroxyl groups is 1. The Bertz CT molecular complexity index is 532. The van der Waals surface area contributed by atoms with Crippen molar-refractivity contribution >= 4 is 0 Å². The minimum atomic E-state index is -4.69. The van der Waals surface area contributed by atoms with Crippen LogP contribution in [0, 0.1) is 0 Å². The van der Waals surface area contributed by atoms with Crippen LogP contribution in [-0.4, -0.2) is 41.1 Å². The van der Waals surface area contributed by atoms with Crippen molar-refractivity contribution in [3.63, 3.8) is 0 Å². The van der Waals surface area contributed by atoms with E-state index in [4.69, 9.17) is 0 Å². The average molecular weight is 315 g/mol. The van der Waals surface area contributed by atoms with Crippen molar-refractivity contribution in [2.75, 3.05) is 7.05 Å². The summed E-state index contributed by atoms with van der Waals surface area (Å²) in [5.41, 5.74) is -0.164. The van der Waals surface area contributed by atoms with Crippen LogP contribution in [0.4, 0.5) is 13.2 Å². The fourth-order valence-electron chi connectivity index (χ4n) is 3.92. The van der Waals surface area contributed by atoms with Crippen LogP contribution in [0.25, 0.3) is 0 Å². The van der Waals surface area contributed by atoms with Gasteiger partial charge >= 0.3 is 6.36 Å². The molecule has 2 saturated heterocycles. The summed E-state index contributed by atoms with van der Waals surface area (Å²) in [4.78, 5) is 2.32. The second kappa shape index (κ2) is 5.42. The predicted molar refractivity (Wildman–Crippen MR) is 75.6 cm³/mol. The number of hydrogen-bond donors (Lipinski definition) is 1. The average Bonchev–Trinajstić information content (AvgIpc) is 2.61. The van der Waals surface area contributed by atoms with Crippen molar-refractivity contribution in [2.24, 2.45) is 0 Å². The van der Waals surface area contributed by atoms with E-state index in [2.05, 4.69) is 16.7 Å².